The fourth-order valence-electron chi connectivity index (χ4n) is 2.98. The highest BCUT2D eigenvalue weighted by molar-refractivity contribution is 6.06. The molecule has 2 aromatic rings. The van der Waals surface area contributed by atoms with Crippen molar-refractivity contribution in [2.45, 2.75) is 26.2 Å². The van der Waals surface area contributed by atoms with Crippen LogP contribution in [0.3, 0.4) is 0 Å². The quantitative estimate of drug-likeness (QED) is 0.669. The molecule has 0 spiro atoms. The van der Waals surface area contributed by atoms with Gasteiger partial charge in [0.15, 0.2) is 5.76 Å². The normalized spacial score (nSPS) is 14.8. The molecule has 0 atom stereocenters. The van der Waals surface area contributed by atoms with Crippen molar-refractivity contribution in [1.82, 2.24) is 4.90 Å². The molecule has 0 unspecified atom stereocenters. The maximum Gasteiger partial charge on any atom is 0.289 e. The zero-order valence-corrected chi connectivity index (χ0v) is 14.9. The number of nitro groups is 1. The molecule has 1 aliphatic carbocycles. The fraction of sp³-hybridized carbons (Fsp3) is 0.333. The number of nitrogens with one attached hydrogen (secondary N) is 1. The molecule has 136 valence electrons. The van der Waals surface area contributed by atoms with E-state index < -0.39 is 4.92 Å². The number of non-ortho nitro benzene ring substituents is 1. The summed E-state index contributed by atoms with van der Waals surface area (Å²) in [6, 6.07) is 6.06. The van der Waals surface area contributed by atoms with Crippen molar-refractivity contribution in [2.75, 3.05) is 19.5 Å². The largest absolute Gasteiger partial charge is 0.455 e. The average Bonchev–Trinajstić information content (AvgIpc) is 2.97. The molecule has 0 aliphatic heterocycles. The summed E-state index contributed by atoms with van der Waals surface area (Å²) in [6.07, 6.45) is 2.42. The molecule has 0 fully saturated rings. The van der Waals surface area contributed by atoms with Gasteiger partial charge in [0.05, 0.1) is 16.3 Å². The highest BCUT2D eigenvalue weighted by Gasteiger charge is 2.28. The van der Waals surface area contributed by atoms with Crippen LogP contribution in [0.2, 0.25) is 0 Å². The Kier molecular flexibility index (Phi) is 4.75. The Balaban J connectivity index is 1.88. The lowest BCUT2D eigenvalue weighted by Crippen LogP contribution is -2.22. The van der Waals surface area contributed by atoms with Crippen LogP contribution in [0, 0.1) is 17.0 Å². The summed E-state index contributed by atoms with van der Waals surface area (Å²) in [5, 5.41) is 15.2. The van der Waals surface area contributed by atoms with E-state index in [1.54, 1.807) is 26.2 Å². The van der Waals surface area contributed by atoms with E-state index in [2.05, 4.69) is 10.5 Å². The van der Waals surface area contributed by atoms with E-state index >= 15 is 0 Å². The number of amides is 1. The molecule has 1 aliphatic rings. The monoisotopic (exact) mass is 356 g/mol. The van der Waals surface area contributed by atoms with E-state index in [1.807, 2.05) is 6.92 Å². The van der Waals surface area contributed by atoms with Crippen molar-refractivity contribution in [1.29, 1.82) is 0 Å². The van der Waals surface area contributed by atoms with Gasteiger partial charge in [-0.3, -0.25) is 20.3 Å². The van der Waals surface area contributed by atoms with E-state index in [0.29, 0.717) is 11.4 Å². The first-order valence-corrected chi connectivity index (χ1v) is 8.29. The van der Waals surface area contributed by atoms with Gasteiger partial charge >= 0.3 is 0 Å². The molecule has 1 aromatic heterocycles. The SMILES string of the molecule is Cc1c(C(=O)N(C)C)oc2c1/C(=N/Nc1ccc([N+](=O)[O-])cc1)CCC2. The van der Waals surface area contributed by atoms with Crippen LogP contribution < -0.4 is 5.43 Å². The molecule has 1 amide bonds. The van der Waals surface area contributed by atoms with Crippen LogP contribution in [0.5, 0.6) is 0 Å². The summed E-state index contributed by atoms with van der Waals surface area (Å²) in [4.78, 5) is 24.0. The number of carbonyl (C=O) groups is 1. The smallest absolute Gasteiger partial charge is 0.289 e. The van der Waals surface area contributed by atoms with Gasteiger partial charge in [0.2, 0.25) is 0 Å². The lowest BCUT2D eigenvalue weighted by molar-refractivity contribution is -0.384. The molecule has 8 heteroatoms. The summed E-state index contributed by atoms with van der Waals surface area (Å²) < 4.78 is 5.81. The summed E-state index contributed by atoms with van der Waals surface area (Å²) in [6.45, 7) is 1.87. The minimum absolute atomic E-state index is 0.0284. The van der Waals surface area contributed by atoms with Gasteiger partial charge in [-0.2, -0.15) is 5.10 Å². The first-order valence-electron chi connectivity index (χ1n) is 8.29. The van der Waals surface area contributed by atoms with Crippen LogP contribution in [0.25, 0.3) is 0 Å². The van der Waals surface area contributed by atoms with Crippen LogP contribution in [-0.4, -0.2) is 35.5 Å². The van der Waals surface area contributed by atoms with Gasteiger partial charge in [0, 0.05) is 43.8 Å². The summed E-state index contributed by atoms with van der Waals surface area (Å²) in [5.74, 6) is 0.965. The number of hydrogen-bond acceptors (Lipinski definition) is 6. The van der Waals surface area contributed by atoms with Gasteiger partial charge in [-0.15, -0.1) is 0 Å². The summed E-state index contributed by atoms with van der Waals surface area (Å²) >= 11 is 0. The molecule has 1 heterocycles. The summed E-state index contributed by atoms with van der Waals surface area (Å²) in [5.41, 5.74) is 6.12. The van der Waals surface area contributed by atoms with E-state index in [0.717, 1.165) is 41.9 Å². The maximum atomic E-state index is 12.3. The Morgan fingerprint density at radius 1 is 1.27 bits per heavy atom. The van der Waals surface area contributed by atoms with E-state index in [1.165, 1.54) is 17.0 Å². The van der Waals surface area contributed by atoms with Crippen molar-refractivity contribution in [2.24, 2.45) is 5.10 Å². The Morgan fingerprint density at radius 3 is 2.58 bits per heavy atom. The first kappa shape index (κ1) is 17.7. The fourth-order valence-corrected chi connectivity index (χ4v) is 2.98. The maximum absolute atomic E-state index is 12.3. The highest BCUT2D eigenvalue weighted by atomic mass is 16.6. The number of rotatable bonds is 4. The third-order valence-corrected chi connectivity index (χ3v) is 4.32. The van der Waals surface area contributed by atoms with Crippen LogP contribution >= 0.6 is 0 Å². The van der Waals surface area contributed by atoms with Crippen molar-refractivity contribution in [3.8, 4) is 0 Å². The van der Waals surface area contributed by atoms with Crippen molar-refractivity contribution in [3.63, 3.8) is 0 Å². The number of fused-ring (bicyclic) bond motifs is 1. The highest BCUT2D eigenvalue weighted by Crippen LogP contribution is 2.30. The third kappa shape index (κ3) is 3.30. The first-order chi connectivity index (χ1) is 12.4. The number of nitrogens with zero attached hydrogens (tertiary/aromatic N) is 3. The van der Waals surface area contributed by atoms with Crippen molar-refractivity contribution in [3.05, 3.63) is 57.0 Å². The van der Waals surface area contributed by atoms with Crippen LogP contribution in [-0.2, 0) is 6.42 Å². The van der Waals surface area contributed by atoms with Gasteiger partial charge in [0.1, 0.15) is 5.76 Å². The zero-order valence-electron chi connectivity index (χ0n) is 14.9. The molecule has 3 rings (SSSR count). The second-order valence-corrected chi connectivity index (χ2v) is 6.38. The lowest BCUT2D eigenvalue weighted by atomic mass is 9.93. The number of carbonyl (C=O) groups excluding carboxylic acids is 1. The molecule has 1 aromatic carbocycles. The molecular formula is C18H20N4O4. The molecule has 26 heavy (non-hydrogen) atoms. The minimum Gasteiger partial charge on any atom is -0.455 e. The Morgan fingerprint density at radius 2 is 1.96 bits per heavy atom. The van der Waals surface area contributed by atoms with E-state index in [-0.39, 0.29) is 11.6 Å². The van der Waals surface area contributed by atoms with E-state index in [4.69, 9.17) is 4.42 Å². The molecule has 8 nitrogen and oxygen atoms in total. The van der Waals surface area contributed by atoms with E-state index in [9.17, 15) is 14.9 Å². The third-order valence-electron chi connectivity index (χ3n) is 4.32. The number of nitro benzene ring substituents is 1. The number of furan rings is 1. The van der Waals surface area contributed by atoms with Gasteiger partial charge in [0.25, 0.3) is 11.6 Å². The minimum atomic E-state index is -0.443. The molecular weight excluding hydrogens is 336 g/mol. The predicted molar refractivity (Wildman–Crippen MR) is 97.7 cm³/mol. The van der Waals surface area contributed by atoms with Crippen LogP contribution in [0.15, 0.2) is 33.8 Å². The Labute approximate surface area is 150 Å². The standard InChI is InChI=1S/C18H20N4O4/c1-11-16-14(20-19-12-7-9-13(10-8-12)22(24)25)5-4-6-15(16)26-17(11)18(23)21(2)3/h7-10,19H,4-6H2,1-3H3/b20-14+. The van der Waals surface area contributed by atoms with Crippen molar-refractivity contribution < 1.29 is 14.1 Å². The molecule has 0 radical (unpaired) electrons. The average molecular weight is 356 g/mol. The zero-order chi connectivity index (χ0) is 18.8. The van der Waals surface area contributed by atoms with Gasteiger partial charge in [-0.25, -0.2) is 0 Å². The number of benzene rings is 1. The Bertz CT molecular complexity index is 881. The number of aryl methyl sites for hydroxylation is 1. The molecule has 1 N–H and O–H groups in total. The second-order valence-electron chi connectivity index (χ2n) is 6.38. The number of hydrazone groups is 1. The van der Waals surface area contributed by atoms with Crippen molar-refractivity contribution >= 4 is 23.0 Å². The number of anilines is 1. The van der Waals surface area contributed by atoms with Gasteiger partial charge < -0.3 is 9.32 Å². The van der Waals surface area contributed by atoms with Gasteiger partial charge in [-0.05, 0) is 31.9 Å². The summed E-state index contributed by atoms with van der Waals surface area (Å²) in [7, 11) is 3.38. The molecule has 0 saturated carbocycles. The topological polar surface area (TPSA) is 101 Å². The van der Waals surface area contributed by atoms with Crippen LogP contribution in [0.4, 0.5) is 11.4 Å². The predicted octanol–water partition coefficient (Wildman–Crippen LogP) is 3.35. The molecule has 0 saturated heterocycles. The van der Waals surface area contributed by atoms with Crippen LogP contribution in [0.1, 0.15) is 40.3 Å². The second kappa shape index (κ2) is 6.99. The Hall–Kier alpha value is -3.16. The van der Waals surface area contributed by atoms with Gasteiger partial charge in [-0.1, -0.05) is 0 Å². The lowest BCUT2D eigenvalue weighted by Gasteiger charge is -2.13. The molecule has 0 bridgehead atoms. The number of hydrogen-bond donors (Lipinski definition) is 1.